The van der Waals surface area contributed by atoms with Crippen LogP contribution >= 0.6 is 0 Å². The number of piperidine rings is 1. The van der Waals surface area contributed by atoms with E-state index in [1.807, 2.05) is 13.0 Å². The minimum atomic E-state index is -4.34. The zero-order valence-corrected chi connectivity index (χ0v) is 26.2. The summed E-state index contributed by atoms with van der Waals surface area (Å²) in [5.41, 5.74) is 4.73. The second kappa shape index (κ2) is 13.1. The van der Waals surface area contributed by atoms with E-state index in [1.54, 1.807) is 31.3 Å². The number of likely N-dealkylation sites (tertiary alicyclic amines) is 1. The smallest absolute Gasteiger partial charge is 0.416 e. The summed E-state index contributed by atoms with van der Waals surface area (Å²) in [6.07, 6.45) is -0.668. The number of nitrogens with one attached hydrogen (secondary N) is 3. The number of carbonyl (C=O) groups excluding carboxylic acids is 1. The van der Waals surface area contributed by atoms with Crippen molar-refractivity contribution in [1.29, 1.82) is 0 Å². The van der Waals surface area contributed by atoms with Crippen molar-refractivity contribution >= 4 is 17.6 Å². The molecule has 1 amide bonds. The van der Waals surface area contributed by atoms with Gasteiger partial charge in [0, 0.05) is 62.6 Å². The summed E-state index contributed by atoms with van der Waals surface area (Å²) < 4.78 is 59.8. The van der Waals surface area contributed by atoms with E-state index in [4.69, 9.17) is 4.74 Å². The molecule has 0 saturated carbocycles. The Morgan fingerprint density at radius 2 is 1.87 bits per heavy atom. The van der Waals surface area contributed by atoms with Crippen molar-refractivity contribution in [2.75, 3.05) is 57.8 Å². The number of hydrogen-bond acceptors (Lipinski definition) is 7. The maximum Gasteiger partial charge on any atom is 0.416 e. The summed E-state index contributed by atoms with van der Waals surface area (Å²) in [5.74, 6) is 0.865. The Morgan fingerprint density at radius 1 is 1.13 bits per heavy atom. The van der Waals surface area contributed by atoms with Gasteiger partial charge in [0.2, 0.25) is 0 Å². The van der Waals surface area contributed by atoms with Crippen molar-refractivity contribution in [3.8, 4) is 0 Å². The van der Waals surface area contributed by atoms with E-state index in [9.17, 15) is 22.4 Å². The summed E-state index contributed by atoms with van der Waals surface area (Å²) in [5, 5.41) is 10.6. The third-order valence-electron chi connectivity index (χ3n) is 10.2. The molecule has 2 fully saturated rings. The molecule has 0 unspecified atom stereocenters. The molecule has 8 nitrogen and oxygen atoms in total. The first-order chi connectivity index (χ1) is 22.0. The average Bonchev–Trinajstić information content (AvgIpc) is 3.40. The van der Waals surface area contributed by atoms with Crippen molar-refractivity contribution in [3.05, 3.63) is 77.1 Å². The summed E-state index contributed by atoms with van der Waals surface area (Å²) >= 11 is 0. The Hall–Kier alpha value is -3.80. The van der Waals surface area contributed by atoms with E-state index in [0.29, 0.717) is 25.4 Å². The van der Waals surface area contributed by atoms with Gasteiger partial charge in [0.15, 0.2) is 0 Å². The van der Waals surface area contributed by atoms with Crippen LogP contribution in [0.3, 0.4) is 0 Å². The van der Waals surface area contributed by atoms with Crippen molar-refractivity contribution in [3.63, 3.8) is 0 Å². The summed E-state index contributed by atoms with van der Waals surface area (Å²) in [6, 6.07) is 12.3. The second-order valence-electron chi connectivity index (χ2n) is 13.1. The van der Waals surface area contributed by atoms with Crippen molar-refractivity contribution in [2.24, 2.45) is 22.9 Å². The first-order valence-electron chi connectivity index (χ1n) is 16.0. The third-order valence-corrected chi connectivity index (χ3v) is 10.2. The lowest BCUT2D eigenvalue weighted by molar-refractivity contribution is -0.137. The minimum Gasteiger partial charge on any atom is -0.445 e. The fourth-order valence-electron chi connectivity index (χ4n) is 7.91. The summed E-state index contributed by atoms with van der Waals surface area (Å²) in [4.78, 5) is 17.1. The standard InChI is InChI=1S/C34H42F4N6O2/c1-22-40-21-33(27-4-3-5-28(35)16-27,30-14-23(17-41-42-22)15-31(30)46-32(45)39-2)25-10-12-43(13-11-25)18-24-19-44(20-24)29-8-6-26(7-9-29)34(36,37)38/h3-9,14,16,24-25,30-31,41H,10-13,15,17-21H2,1-2H3,(H,39,45)(H,40,42)/t30-,31-,33-/m0/s1. The van der Waals surface area contributed by atoms with Crippen LogP contribution in [0.1, 0.15) is 37.3 Å². The zero-order chi connectivity index (χ0) is 32.5. The number of benzene rings is 2. The molecule has 46 heavy (non-hydrogen) atoms. The maximum atomic E-state index is 14.9. The van der Waals surface area contributed by atoms with Gasteiger partial charge in [-0.15, -0.1) is 0 Å². The van der Waals surface area contributed by atoms with Crippen molar-refractivity contribution < 1.29 is 27.1 Å². The lowest BCUT2D eigenvalue weighted by atomic mass is 9.58. The molecule has 12 heteroatoms. The highest BCUT2D eigenvalue weighted by atomic mass is 19.4. The Labute approximate surface area is 267 Å². The van der Waals surface area contributed by atoms with Gasteiger partial charge in [0.05, 0.1) is 12.1 Å². The number of nitrogens with zero attached hydrogens (tertiary/aromatic N) is 3. The predicted octanol–water partition coefficient (Wildman–Crippen LogP) is 5.13. The molecule has 2 saturated heterocycles. The van der Waals surface area contributed by atoms with E-state index in [0.717, 1.165) is 80.4 Å². The number of fused-ring (bicyclic) bond motifs is 1. The Morgan fingerprint density at radius 3 is 2.54 bits per heavy atom. The molecule has 2 aromatic rings. The quantitative estimate of drug-likeness (QED) is 0.300. The molecular formula is C34H42F4N6O2. The van der Waals surface area contributed by atoms with Crippen LogP contribution in [0, 0.1) is 23.6 Å². The van der Waals surface area contributed by atoms with Crippen LogP contribution in [0.15, 0.2) is 65.3 Å². The zero-order valence-electron chi connectivity index (χ0n) is 26.2. The number of alkyl halides is 3. The second-order valence-corrected chi connectivity index (χ2v) is 13.1. The molecule has 4 aliphatic rings. The van der Waals surface area contributed by atoms with Crippen LogP contribution in [0.25, 0.3) is 0 Å². The third kappa shape index (κ3) is 6.67. The minimum absolute atomic E-state index is 0.166. The van der Waals surface area contributed by atoms with Crippen LogP contribution in [-0.4, -0.2) is 75.8 Å². The average molecular weight is 643 g/mol. The molecule has 0 spiro atoms. The van der Waals surface area contributed by atoms with E-state index < -0.39 is 29.4 Å². The van der Waals surface area contributed by atoms with Gasteiger partial charge in [0.1, 0.15) is 17.8 Å². The van der Waals surface area contributed by atoms with E-state index >= 15 is 0 Å². The van der Waals surface area contributed by atoms with Crippen LogP contribution in [0.5, 0.6) is 0 Å². The number of amidine groups is 1. The van der Waals surface area contributed by atoms with E-state index in [-0.39, 0.29) is 17.7 Å². The lowest BCUT2D eigenvalue weighted by Crippen LogP contribution is -2.57. The number of hydrazone groups is 1. The normalized spacial score (nSPS) is 27.4. The van der Waals surface area contributed by atoms with Gasteiger partial charge in [-0.2, -0.15) is 18.3 Å². The maximum absolute atomic E-state index is 14.9. The number of rotatable bonds is 6. The number of ether oxygens (including phenoxy) is 1. The van der Waals surface area contributed by atoms with Gasteiger partial charge >= 0.3 is 12.3 Å². The van der Waals surface area contributed by atoms with Crippen molar-refractivity contribution in [1.82, 2.24) is 21.0 Å². The Kier molecular flexibility index (Phi) is 9.18. The number of alkyl carbamates (subject to hydrolysis) is 1. The monoisotopic (exact) mass is 642 g/mol. The molecule has 3 atom stereocenters. The number of anilines is 1. The first-order valence-corrected chi connectivity index (χ1v) is 16.0. The lowest BCUT2D eigenvalue weighted by Gasteiger charge is -2.51. The van der Waals surface area contributed by atoms with E-state index in [1.165, 1.54) is 6.07 Å². The van der Waals surface area contributed by atoms with Gasteiger partial charge in [-0.25, -0.2) is 9.18 Å². The molecule has 0 radical (unpaired) electrons. The molecule has 3 heterocycles. The van der Waals surface area contributed by atoms with Gasteiger partial charge < -0.3 is 30.6 Å². The van der Waals surface area contributed by atoms with E-state index in [2.05, 4.69) is 37.0 Å². The highest BCUT2D eigenvalue weighted by molar-refractivity contribution is 5.79. The first kappa shape index (κ1) is 32.2. The topological polar surface area (TPSA) is 81.2 Å². The molecule has 6 rings (SSSR count). The molecule has 2 bridgehead atoms. The van der Waals surface area contributed by atoms with Crippen LogP contribution in [-0.2, 0) is 16.3 Å². The fraction of sp³-hybridized carbons (Fsp3) is 0.529. The van der Waals surface area contributed by atoms with Crippen molar-refractivity contribution in [2.45, 2.75) is 43.9 Å². The Balaban J connectivity index is 1.19. The van der Waals surface area contributed by atoms with Gasteiger partial charge in [-0.05, 0) is 86.3 Å². The summed E-state index contributed by atoms with van der Waals surface area (Å²) in [7, 11) is 1.55. The molecule has 3 aliphatic heterocycles. The highest BCUT2D eigenvalue weighted by Crippen LogP contribution is 2.50. The number of carbonyl (C=O) groups is 1. The van der Waals surface area contributed by atoms with Crippen LogP contribution in [0.4, 0.5) is 28.0 Å². The predicted molar refractivity (Wildman–Crippen MR) is 169 cm³/mol. The number of hydrogen-bond donors (Lipinski definition) is 3. The van der Waals surface area contributed by atoms with Gasteiger partial charge in [-0.1, -0.05) is 18.2 Å². The molecule has 2 aromatic carbocycles. The molecule has 0 aromatic heterocycles. The van der Waals surface area contributed by atoms with Gasteiger partial charge in [-0.3, -0.25) is 0 Å². The van der Waals surface area contributed by atoms with Crippen LogP contribution in [0.2, 0.25) is 0 Å². The molecule has 3 N–H and O–H groups in total. The molecule has 1 aliphatic carbocycles. The Bertz CT molecular complexity index is 1450. The van der Waals surface area contributed by atoms with Gasteiger partial charge in [0.25, 0.3) is 0 Å². The molecular weight excluding hydrogens is 600 g/mol. The summed E-state index contributed by atoms with van der Waals surface area (Å²) in [6.45, 7) is 7.23. The van der Waals surface area contributed by atoms with Crippen LogP contribution < -0.4 is 21.0 Å². The fourth-order valence-corrected chi connectivity index (χ4v) is 7.91. The SMILES string of the molecule is CNC(=O)O[C@H]1CC2=C[C@@H]1[C@](c1cccc(F)c1)(C1CCN(CC3CN(c4ccc(C(F)(F)F)cc4)C3)CC1)CN/C(C)=N\NC2. The highest BCUT2D eigenvalue weighted by Gasteiger charge is 2.52. The largest absolute Gasteiger partial charge is 0.445 e. The number of halogens is 4. The number of amides is 1. The molecule has 248 valence electrons.